The first-order valence-corrected chi connectivity index (χ1v) is 9.07. The summed E-state index contributed by atoms with van der Waals surface area (Å²) in [5, 5.41) is 0.219. The van der Waals surface area contributed by atoms with Gasteiger partial charge in [0, 0.05) is 12.5 Å². The van der Waals surface area contributed by atoms with Crippen LogP contribution in [0.2, 0.25) is 0 Å². The Kier molecular flexibility index (Phi) is 5.80. The Hall–Kier alpha value is -1.28. The standard InChI is InChI=1S/C11H13FO.C10H15Cl/c1-7-4-5-10-9(6-7)8(2)11(3,12)13-10;1-7(2)10-6-9(11)5-4-8(10)3/h4-6,8H,1-3H3;4,6-7,9H,5H2,1-3H3. The van der Waals surface area contributed by atoms with E-state index in [2.05, 4.69) is 32.9 Å². The third-order valence-electron chi connectivity index (χ3n) is 4.80. The summed E-state index contributed by atoms with van der Waals surface area (Å²) in [5.74, 6) is -0.436. The molecule has 0 amide bonds. The van der Waals surface area contributed by atoms with Gasteiger partial charge in [-0.3, -0.25) is 0 Å². The summed E-state index contributed by atoms with van der Waals surface area (Å²) >= 11 is 6.00. The maximum Gasteiger partial charge on any atom is 0.252 e. The second-order valence-electron chi connectivity index (χ2n) is 7.27. The van der Waals surface area contributed by atoms with E-state index in [1.54, 1.807) is 0 Å². The molecule has 0 saturated heterocycles. The van der Waals surface area contributed by atoms with E-state index in [1.165, 1.54) is 18.1 Å². The number of ether oxygens (including phenoxy) is 1. The SMILES string of the molecule is CC1=CCC(Cl)C=C1C(C)C.Cc1ccc2c(c1)C(C)C(C)(F)O2. The number of alkyl halides is 2. The molecule has 24 heavy (non-hydrogen) atoms. The number of hydrogen-bond donors (Lipinski definition) is 0. The van der Waals surface area contributed by atoms with Crippen LogP contribution in [0.3, 0.4) is 0 Å². The molecular formula is C21H28ClFO. The Morgan fingerprint density at radius 3 is 2.54 bits per heavy atom. The molecule has 0 radical (unpaired) electrons. The number of aryl methyl sites for hydroxylation is 1. The smallest absolute Gasteiger partial charge is 0.252 e. The molecular weight excluding hydrogens is 323 g/mol. The molecule has 0 bridgehead atoms. The van der Waals surface area contributed by atoms with E-state index in [0.717, 1.165) is 17.5 Å². The van der Waals surface area contributed by atoms with Crippen LogP contribution < -0.4 is 4.74 Å². The van der Waals surface area contributed by atoms with Gasteiger partial charge in [-0.1, -0.05) is 56.2 Å². The predicted molar refractivity (Wildman–Crippen MR) is 101 cm³/mol. The lowest BCUT2D eigenvalue weighted by atomic mass is 9.90. The number of hydrogen-bond acceptors (Lipinski definition) is 1. The maximum absolute atomic E-state index is 13.7. The fourth-order valence-electron chi connectivity index (χ4n) is 3.13. The zero-order valence-corrected chi connectivity index (χ0v) is 16.2. The fourth-order valence-corrected chi connectivity index (χ4v) is 3.35. The Morgan fingerprint density at radius 1 is 1.29 bits per heavy atom. The largest absolute Gasteiger partial charge is 0.457 e. The molecule has 2 aliphatic rings. The third kappa shape index (κ3) is 4.22. The average Bonchev–Trinajstić information content (AvgIpc) is 2.72. The Morgan fingerprint density at radius 2 is 1.96 bits per heavy atom. The van der Waals surface area contributed by atoms with Gasteiger partial charge in [-0.15, -0.1) is 11.6 Å². The summed E-state index contributed by atoms with van der Waals surface area (Å²) in [6.45, 7) is 11.9. The van der Waals surface area contributed by atoms with Gasteiger partial charge in [0.15, 0.2) is 0 Å². The van der Waals surface area contributed by atoms with Crippen molar-refractivity contribution in [3.63, 3.8) is 0 Å². The van der Waals surface area contributed by atoms with Crippen LogP contribution in [-0.4, -0.2) is 11.2 Å². The number of allylic oxidation sites excluding steroid dienone is 4. The van der Waals surface area contributed by atoms with Crippen LogP contribution in [0.4, 0.5) is 4.39 Å². The fraction of sp³-hybridized carbons (Fsp3) is 0.524. The zero-order valence-electron chi connectivity index (χ0n) is 15.5. The molecule has 1 aliphatic carbocycles. The second kappa shape index (κ2) is 7.31. The van der Waals surface area contributed by atoms with Gasteiger partial charge in [0.2, 0.25) is 0 Å². The highest BCUT2D eigenvalue weighted by Gasteiger charge is 2.42. The van der Waals surface area contributed by atoms with Crippen LogP contribution in [0, 0.1) is 12.8 Å². The summed E-state index contributed by atoms with van der Waals surface area (Å²) in [5.41, 5.74) is 4.94. The number of fused-ring (bicyclic) bond motifs is 1. The highest BCUT2D eigenvalue weighted by atomic mass is 35.5. The van der Waals surface area contributed by atoms with Crippen LogP contribution in [-0.2, 0) is 0 Å². The molecule has 0 fully saturated rings. The number of halogens is 2. The van der Waals surface area contributed by atoms with Gasteiger partial charge in [0.25, 0.3) is 5.85 Å². The van der Waals surface area contributed by atoms with Crippen molar-refractivity contribution < 1.29 is 9.13 Å². The Bertz CT molecular complexity index is 658. The second-order valence-corrected chi connectivity index (χ2v) is 7.83. The van der Waals surface area contributed by atoms with Gasteiger partial charge in [-0.05, 0) is 37.8 Å². The van der Waals surface area contributed by atoms with E-state index in [1.807, 2.05) is 32.0 Å². The monoisotopic (exact) mass is 350 g/mol. The molecule has 3 heteroatoms. The molecule has 1 aromatic rings. The molecule has 0 N–H and O–H groups in total. The molecule has 3 unspecified atom stereocenters. The van der Waals surface area contributed by atoms with Crippen molar-refractivity contribution in [2.45, 2.75) is 65.1 Å². The molecule has 1 aromatic carbocycles. The molecule has 1 nitrogen and oxygen atoms in total. The van der Waals surface area contributed by atoms with Gasteiger partial charge in [0.1, 0.15) is 5.75 Å². The first-order valence-electron chi connectivity index (χ1n) is 8.63. The van der Waals surface area contributed by atoms with Gasteiger partial charge < -0.3 is 4.74 Å². The minimum atomic E-state index is -1.55. The number of benzene rings is 1. The average molecular weight is 351 g/mol. The Labute approximate surface area is 150 Å². The lowest BCUT2D eigenvalue weighted by molar-refractivity contribution is -0.0420. The molecule has 0 aromatic heterocycles. The van der Waals surface area contributed by atoms with E-state index in [-0.39, 0.29) is 11.3 Å². The van der Waals surface area contributed by atoms with Gasteiger partial charge in [-0.2, -0.15) is 4.39 Å². The zero-order chi connectivity index (χ0) is 18.1. The highest BCUT2D eigenvalue weighted by molar-refractivity contribution is 6.22. The van der Waals surface area contributed by atoms with Crippen molar-refractivity contribution in [2.24, 2.45) is 5.92 Å². The van der Waals surface area contributed by atoms with Crippen molar-refractivity contribution in [3.05, 3.63) is 52.6 Å². The van der Waals surface area contributed by atoms with Crippen molar-refractivity contribution in [1.29, 1.82) is 0 Å². The van der Waals surface area contributed by atoms with Gasteiger partial charge >= 0.3 is 0 Å². The lowest BCUT2D eigenvalue weighted by Crippen LogP contribution is -2.26. The molecule has 0 saturated carbocycles. The Balaban J connectivity index is 0.000000177. The maximum atomic E-state index is 13.7. The van der Waals surface area contributed by atoms with Crippen LogP contribution >= 0.6 is 11.6 Å². The van der Waals surface area contributed by atoms with Gasteiger partial charge in [0.05, 0.1) is 11.3 Å². The quantitative estimate of drug-likeness (QED) is 0.512. The van der Waals surface area contributed by atoms with Crippen molar-refractivity contribution in [2.75, 3.05) is 0 Å². The third-order valence-corrected chi connectivity index (χ3v) is 5.11. The van der Waals surface area contributed by atoms with E-state index in [0.29, 0.717) is 11.7 Å². The summed E-state index contributed by atoms with van der Waals surface area (Å²) in [6, 6.07) is 5.77. The molecule has 1 aliphatic heterocycles. The summed E-state index contributed by atoms with van der Waals surface area (Å²) in [4.78, 5) is 0. The van der Waals surface area contributed by atoms with Crippen LogP contribution in [0.1, 0.15) is 58.1 Å². The molecule has 1 heterocycles. The van der Waals surface area contributed by atoms with Crippen LogP contribution in [0.25, 0.3) is 0 Å². The highest BCUT2D eigenvalue weighted by Crippen LogP contribution is 2.45. The first kappa shape index (κ1) is 19.1. The van der Waals surface area contributed by atoms with E-state index in [4.69, 9.17) is 16.3 Å². The molecule has 0 spiro atoms. The number of rotatable bonds is 1. The van der Waals surface area contributed by atoms with E-state index >= 15 is 0 Å². The van der Waals surface area contributed by atoms with Gasteiger partial charge in [-0.25, -0.2) is 0 Å². The minimum absolute atomic E-state index is 0.178. The first-order chi connectivity index (χ1) is 11.1. The predicted octanol–water partition coefficient (Wildman–Crippen LogP) is 6.70. The van der Waals surface area contributed by atoms with E-state index < -0.39 is 5.85 Å². The molecule has 3 atom stereocenters. The molecule has 132 valence electrons. The van der Waals surface area contributed by atoms with Crippen LogP contribution in [0.15, 0.2) is 41.5 Å². The van der Waals surface area contributed by atoms with E-state index in [9.17, 15) is 4.39 Å². The summed E-state index contributed by atoms with van der Waals surface area (Å²) in [6.07, 6.45) is 5.40. The van der Waals surface area contributed by atoms with Crippen molar-refractivity contribution >= 4 is 11.6 Å². The van der Waals surface area contributed by atoms with Crippen LogP contribution in [0.5, 0.6) is 5.75 Å². The summed E-state index contributed by atoms with van der Waals surface area (Å²) < 4.78 is 18.9. The molecule has 3 rings (SSSR count). The summed E-state index contributed by atoms with van der Waals surface area (Å²) in [7, 11) is 0. The van der Waals surface area contributed by atoms with Crippen molar-refractivity contribution in [1.82, 2.24) is 0 Å². The van der Waals surface area contributed by atoms with Crippen molar-refractivity contribution in [3.8, 4) is 5.75 Å². The lowest BCUT2D eigenvalue weighted by Gasteiger charge is -2.18. The normalized spacial score (nSPS) is 28.4. The minimum Gasteiger partial charge on any atom is -0.457 e. The topological polar surface area (TPSA) is 9.23 Å².